The Hall–Kier alpha value is -1.82. The highest BCUT2D eigenvalue weighted by molar-refractivity contribution is 5.79. The molecule has 3 N–H and O–H groups in total. The smallest absolute Gasteiger partial charge is 0.183 e. The van der Waals surface area contributed by atoms with Gasteiger partial charge in [0.05, 0.1) is 20.1 Å². The minimum atomic E-state index is 0.0200. The second-order valence-electron chi connectivity index (χ2n) is 4.68. The summed E-state index contributed by atoms with van der Waals surface area (Å²) in [4.78, 5) is 6.54. The molecule has 0 radical (unpaired) electrons. The van der Waals surface area contributed by atoms with Crippen LogP contribution >= 0.6 is 0 Å². The summed E-state index contributed by atoms with van der Waals surface area (Å²) in [5, 5.41) is 7.48. The molecule has 1 aromatic rings. The number of aromatic nitrogens is 1. The van der Waals surface area contributed by atoms with Crippen LogP contribution in [0.3, 0.4) is 0 Å². The van der Waals surface area contributed by atoms with Gasteiger partial charge in [0.1, 0.15) is 5.69 Å². The summed E-state index contributed by atoms with van der Waals surface area (Å²) in [6.45, 7) is 6.21. The lowest BCUT2D eigenvalue weighted by atomic mass is 10.1. The monoisotopic (exact) mass is 280 g/mol. The molecule has 1 aromatic heterocycles. The number of hydrogen-bond acceptors (Lipinski definition) is 5. The van der Waals surface area contributed by atoms with Crippen molar-refractivity contribution in [1.82, 2.24) is 9.88 Å². The minimum absolute atomic E-state index is 0.0200. The fourth-order valence-electron chi connectivity index (χ4n) is 1.97. The molecule has 0 aliphatic carbocycles. The highest BCUT2D eigenvalue weighted by Gasteiger charge is 2.16. The van der Waals surface area contributed by atoms with E-state index in [-0.39, 0.29) is 11.8 Å². The van der Waals surface area contributed by atoms with E-state index in [4.69, 9.17) is 20.6 Å². The Morgan fingerprint density at radius 3 is 2.65 bits per heavy atom. The molecule has 0 aliphatic heterocycles. The fraction of sp³-hybridized carbons (Fsp3) is 0.571. The van der Waals surface area contributed by atoms with Crippen LogP contribution in [-0.2, 0) is 6.54 Å². The molecule has 0 amide bonds. The van der Waals surface area contributed by atoms with Crippen molar-refractivity contribution in [2.24, 2.45) is 11.7 Å². The first-order valence-corrected chi connectivity index (χ1v) is 6.65. The van der Waals surface area contributed by atoms with Gasteiger partial charge in [0.25, 0.3) is 0 Å². The lowest BCUT2D eigenvalue weighted by Crippen LogP contribution is -2.34. The lowest BCUT2D eigenvalue weighted by molar-refractivity contribution is 0.253. The molecule has 0 aromatic carbocycles. The van der Waals surface area contributed by atoms with Crippen molar-refractivity contribution in [3.63, 3.8) is 0 Å². The van der Waals surface area contributed by atoms with E-state index in [0.29, 0.717) is 24.6 Å². The Kier molecular flexibility index (Phi) is 6.24. The molecule has 20 heavy (non-hydrogen) atoms. The van der Waals surface area contributed by atoms with Gasteiger partial charge >= 0.3 is 0 Å². The van der Waals surface area contributed by atoms with Gasteiger partial charge in [-0.25, -0.2) is 0 Å². The van der Waals surface area contributed by atoms with E-state index < -0.39 is 0 Å². The molecule has 0 aliphatic rings. The Balaban J connectivity index is 2.87. The number of amidine groups is 1. The van der Waals surface area contributed by atoms with Gasteiger partial charge < -0.3 is 15.2 Å². The van der Waals surface area contributed by atoms with E-state index in [2.05, 4.69) is 16.8 Å². The predicted molar refractivity (Wildman–Crippen MR) is 79.4 cm³/mol. The molecule has 1 heterocycles. The third-order valence-electron chi connectivity index (χ3n) is 3.25. The van der Waals surface area contributed by atoms with E-state index in [1.54, 1.807) is 26.5 Å². The second-order valence-corrected chi connectivity index (χ2v) is 4.68. The Morgan fingerprint density at radius 1 is 1.45 bits per heavy atom. The number of hydrogen-bond donors (Lipinski definition) is 2. The maximum atomic E-state index is 7.48. The van der Waals surface area contributed by atoms with Crippen LogP contribution in [0.1, 0.15) is 19.5 Å². The maximum absolute atomic E-state index is 7.48. The summed E-state index contributed by atoms with van der Waals surface area (Å²) in [5.41, 5.74) is 6.35. The van der Waals surface area contributed by atoms with Gasteiger partial charge in [-0.05, 0) is 6.54 Å². The summed E-state index contributed by atoms with van der Waals surface area (Å²) in [6.07, 6.45) is 1.71. The van der Waals surface area contributed by atoms with Crippen molar-refractivity contribution in [2.75, 3.05) is 27.3 Å². The van der Waals surface area contributed by atoms with Gasteiger partial charge in [-0.1, -0.05) is 13.8 Å². The minimum Gasteiger partial charge on any atom is -0.493 e. The van der Waals surface area contributed by atoms with Crippen molar-refractivity contribution in [2.45, 2.75) is 20.4 Å². The maximum Gasteiger partial charge on any atom is 0.183 e. The molecule has 0 spiro atoms. The zero-order chi connectivity index (χ0) is 15.1. The first-order valence-electron chi connectivity index (χ1n) is 6.65. The summed E-state index contributed by atoms with van der Waals surface area (Å²) in [6, 6.07) is 1.77. The molecule has 0 fully saturated rings. The van der Waals surface area contributed by atoms with Crippen molar-refractivity contribution >= 4 is 5.84 Å². The van der Waals surface area contributed by atoms with Crippen molar-refractivity contribution < 1.29 is 9.47 Å². The number of pyridine rings is 1. The Bertz CT molecular complexity index is 451. The molecule has 0 saturated carbocycles. The molecular weight excluding hydrogens is 256 g/mol. The summed E-state index contributed by atoms with van der Waals surface area (Å²) >= 11 is 0. The average molecular weight is 280 g/mol. The molecule has 112 valence electrons. The number of rotatable bonds is 8. The first kappa shape index (κ1) is 16.2. The molecule has 6 heteroatoms. The van der Waals surface area contributed by atoms with Crippen LogP contribution in [0.15, 0.2) is 12.3 Å². The number of ether oxygens (including phenoxy) is 2. The predicted octanol–water partition coefficient (Wildman–Crippen LogP) is 1.49. The summed E-state index contributed by atoms with van der Waals surface area (Å²) in [5.74, 6) is 1.55. The molecule has 1 rings (SSSR count). The highest BCUT2D eigenvalue weighted by Crippen LogP contribution is 2.29. The van der Waals surface area contributed by atoms with Gasteiger partial charge in [-0.3, -0.25) is 15.3 Å². The standard InChI is InChI=1S/C14H24N4O2/c1-5-18(8-10(2)14(15)16)9-11-13(20-4)12(19-3)6-7-17-11/h6-7,10H,5,8-9H2,1-4H3,(H3,15,16). The SMILES string of the molecule is CCN(Cc1nccc(OC)c1OC)CC(C)C(=N)N. The third-order valence-corrected chi connectivity index (χ3v) is 3.25. The van der Waals surface area contributed by atoms with Gasteiger partial charge in [-0.2, -0.15) is 0 Å². The van der Waals surface area contributed by atoms with E-state index in [9.17, 15) is 0 Å². The van der Waals surface area contributed by atoms with E-state index in [1.165, 1.54) is 0 Å². The molecule has 1 unspecified atom stereocenters. The molecule has 0 saturated heterocycles. The Morgan fingerprint density at radius 2 is 2.15 bits per heavy atom. The number of methoxy groups -OCH3 is 2. The molecular formula is C14H24N4O2. The van der Waals surface area contributed by atoms with Crippen LogP contribution in [0.4, 0.5) is 0 Å². The zero-order valence-electron chi connectivity index (χ0n) is 12.6. The van der Waals surface area contributed by atoms with Crippen molar-refractivity contribution in [3.05, 3.63) is 18.0 Å². The average Bonchev–Trinajstić information content (AvgIpc) is 2.45. The lowest BCUT2D eigenvalue weighted by Gasteiger charge is -2.24. The van der Waals surface area contributed by atoms with Crippen LogP contribution in [0, 0.1) is 11.3 Å². The van der Waals surface area contributed by atoms with Crippen LogP contribution < -0.4 is 15.2 Å². The Labute approximate surface area is 120 Å². The number of nitrogens with two attached hydrogens (primary N) is 1. The van der Waals surface area contributed by atoms with E-state index in [0.717, 1.165) is 12.2 Å². The summed E-state index contributed by atoms with van der Waals surface area (Å²) in [7, 11) is 3.22. The number of nitrogens with one attached hydrogen (secondary N) is 1. The van der Waals surface area contributed by atoms with Crippen LogP contribution in [0.25, 0.3) is 0 Å². The van der Waals surface area contributed by atoms with Crippen LogP contribution in [-0.4, -0.2) is 43.0 Å². The van der Waals surface area contributed by atoms with Gasteiger partial charge in [0.15, 0.2) is 11.5 Å². The van der Waals surface area contributed by atoms with E-state index >= 15 is 0 Å². The van der Waals surface area contributed by atoms with Crippen LogP contribution in [0.2, 0.25) is 0 Å². The zero-order valence-corrected chi connectivity index (χ0v) is 12.6. The van der Waals surface area contributed by atoms with Gasteiger partial charge in [-0.15, -0.1) is 0 Å². The van der Waals surface area contributed by atoms with Crippen molar-refractivity contribution in [1.29, 1.82) is 5.41 Å². The molecule has 1 atom stereocenters. The summed E-state index contributed by atoms with van der Waals surface area (Å²) < 4.78 is 10.7. The van der Waals surface area contributed by atoms with E-state index in [1.807, 2.05) is 6.92 Å². The highest BCUT2D eigenvalue weighted by atomic mass is 16.5. The first-order chi connectivity index (χ1) is 9.53. The second kappa shape index (κ2) is 7.69. The van der Waals surface area contributed by atoms with Crippen molar-refractivity contribution in [3.8, 4) is 11.5 Å². The van der Waals surface area contributed by atoms with Gasteiger partial charge in [0.2, 0.25) is 0 Å². The fourth-order valence-corrected chi connectivity index (χ4v) is 1.97. The largest absolute Gasteiger partial charge is 0.493 e. The van der Waals surface area contributed by atoms with Crippen LogP contribution in [0.5, 0.6) is 11.5 Å². The normalized spacial score (nSPS) is 12.2. The van der Waals surface area contributed by atoms with Gasteiger partial charge in [0, 0.05) is 31.3 Å². The molecule has 6 nitrogen and oxygen atoms in total. The number of nitrogens with zero attached hydrogens (tertiary/aromatic N) is 2. The quantitative estimate of drug-likeness (QED) is 0.557. The third kappa shape index (κ3) is 4.09. The topological polar surface area (TPSA) is 84.5 Å². The molecule has 0 bridgehead atoms.